The van der Waals surface area contributed by atoms with Crippen LogP contribution in [-0.4, -0.2) is 19.1 Å². The summed E-state index contributed by atoms with van der Waals surface area (Å²) in [5, 5.41) is 7.06. The average Bonchev–Trinajstić information content (AvgIpc) is 2.38. The zero-order valence-corrected chi connectivity index (χ0v) is 12.1. The van der Waals surface area contributed by atoms with Gasteiger partial charge in [0.15, 0.2) is 0 Å². The molecule has 1 heterocycles. The van der Waals surface area contributed by atoms with Gasteiger partial charge in [-0.25, -0.2) is 0 Å². The molecule has 2 nitrogen and oxygen atoms in total. The van der Waals surface area contributed by atoms with Gasteiger partial charge >= 0.3 is 0 Å². The summed E-state index contributed by atoms with van der Waals surface area (Å²) in [6.07, 6.45) is 6.24. The van der Waals surface area contributed by atoms with Crippen molar-refractivity contribution in [2.45, 2.75) is 45.1 Å². The highest BCUT2D eigenvalue weighted by atomic mass is 35.5. The molecular weight excluding hydrogens is 244 g/mol. The van der Waals surface area contributed by atoms with Crippen molar-refractivity contribution in [2.24, 2.45) is 0 Å². The number of hydrogen-bond donors (Lipinski definition) is 2. The Morgan fingerprint density at radius 1 is 1.28 bits per heavy atom. The van der Waals surface area contributed by atoms with Gasteiger partial charge in [0.1, 0.15) is 0 Å². The van der Waals surface area contributed by atoms with E-state index in [1.807, 2.05) is 0 Å². The molecule has 2 N–H and O–H groups in total. The lowest BCUT2D eigenvalue weighted by Gasteiger charge is -2.24. The summed E-state index contributed by atoms with van der Waals surface area (Å²) < 4.78 is 0. The van der Waals surface area contributed by atoms with Crippen LogP contribution < -0.4 is 10.6 Å². The highest BCUT2D eigenvalue weighted by molar-refractivity contribution is 5.85. The van der Waals surface area contributed by atoms with Crippen LogP contribution in [-0.2, 0) is 6.42 Å². The summed E-state index contributed by atoms with van der Waals surface area (Å²) in [4.78, 5) is 0. The van der Waals surface area contributed by atoms with Crippen LogP contribution in [0.2, 0.25) is 0 Å². The lowest BCUT2D eigenvalue weighted by atomic mass is 10.0. The Hall–Kier alpha value is -0.730. The standard InChI is InChI=1S/C15H24N2.ClH/c1-2-3-5-13-6-4-7-15(12-13)17-14-8-10-16-11-9-14;/h4,6-7,12,14,16-17H,2-3,5,8-11H2,1H3;1H. The van der Waals surface area contributed by atoms with Crippen LogP contribution in [0, 0.1) is 0 Å². The van der Waals surface area contributed by atoms with E-state index in [9.17, 15) is 0 Å². The molecule has 1 saturated heterocycles. The molecule has 0 unspecified atom stereocenters. The summed E-state index contributed by atoms with van der Waals surface area (Å²) in [7, 11) is 0. The maximum atomic E-state index is 3.66. The minimum absolute atomic E-state index is 0. The van der Waals surface area contributed by atoms with Crippen LogP contribution in [0.4, 0.5) is 5.69 Å². The van der Waals surface area contributed by atoms with Crippen LogP contribution in [0.3, 0.4) is 0 Å². The van der Waals surface area contributed by atoms with Gasteiger partial charge in [-0.1, -0.05) is 25.5 Å². The molecule has 102 valence electrons. The van der Waals surface area contributed by atoms with Crippen molar-refractivity contribution in [3.8, 4) is 0 Å². The first-order valence-electron chi connectivity index (χ1n) is 6.94. The van der Waals surface area contributed by atoms with E-state index in [4.69, 9.17) is 0 Å². The Labute approximate surface area is 117 Å². The fourth-order valence-electron chi connectivity index (χ4n) is 2.40. The van der Waals surface area contributed by atoms with Crippen molar-refractivity contribution in [3.05, 3.63) is 29.8 Å². The number of unbranched alkanes of at least 4 members (excludes halogenated alkanes) is 1. The van der Waals surface area contributed by atoms with Crippen molar-refractivity contribution >= 4 is 18.1 Å². The monoisotopic (exact) mass is 268 g/mol. The maximum Gasteiger partial charge on any atom is 0.0345 e. The van der Waals surface area contributed by atoms with E-state index < -0.39 is 0 Å². The molecule has 0 spiro atoms. The van der Waals surface area contributed by atoms with Gasteiger partial charge in [0.05, 0.1) is 0 Å². The first-order valence-corrected chi connectivity index (χ1v) is 6.94. The molecule has 1 aromatic rings. The first-order chi connectivity index (χ1) is 8.38. The predicted octanol–water partition coefficient (Wildman–Crippen LogP) is 3.61. The molecule has 0 saturated carbocycles. The molecule has 1 aliphatic rings. The van der Waals surface area contributed by atoms with E-state index in [0.717, 1.165) is 13.1 Å². The number of nitrogens with one attached hydrogen (secondary N) is 2. The number of hydrogen-bond acceptors (Lipinski definition) is 2. The van der Waals surface area contributed by atoms with E-state index in [1.54, 1.807) is 0 Å². The van der Waals surface area contributed by atoms with E-state index in [2.05, 4.69) is 41.8 Å². The second kappa shape index (κ2) is 8.39. The fraction of sp³-hybridized carbons (Fsp3) is 0.600. The molecule has 0 bridgehead atoms. The highest BCUT2D eigenvalue weighted by Gasteiger charge is 2.12. The van der Waals surface area contributed by atoms with Gasteiger partial charge < -0.3 is 10.6 Å². The molecule has 3 heteroatoms. The first kappa shape index (κ1) is 15.3. The predicted molar refractivity (Wildman–Crippen MR) is 81.8 cm³/mol. The minimum atomic E-state index is 0. The molecule has 18 heavy (non-hydrogen) atoms. The van der Waals surface area contributed by atoms with Gasteiger partial charge in [-0.2, -0.15) is 0 Å². The van der Waals surface area contributed by atoms with Gasteiger partial charge in [-0.3, -0.25) is 0 Å². The maximum absolute atomic E-state index is 3.66. The Bertz CT molecular complexity index is 335. The van der Waals surface area contributed by atoms with Gasteiger partial charge in [0.25, 0.3) is 0 Å². The molecule has 0 radical (unpaired) electrons. The minimum Gasteiger partial charge on any atom is -0.382 e. The fourth-order valence-corrected chi connectivity index (χ4v) is 2.40. The van der Waals surface area contributed by atoms with E-state index in [-0.39, 0.29) is 12.4 Å². The van der Waals surface area contributed by atoms with Gasteiger partial charge in [-0.05, 0) is 56.5 Å². The number of anilines is 1. The third-order valence-electron chi connectivity index (χ3n) is 3.46. The number of piperidine rings is 1. The molecule has 0 aromatic heterocycles. The highest BCUT2D eigenvalue weighted by Crippen LogP contribution is 2.16. The smallest absolute Gasteiger partial charge is 0.0345 e. The zero-order valence-electron chi connectivity index (χ0n) is 11.2. The lowest BCUT2D eigenvalue weighted by Crippen LogP contribution is -2.35. The zero-order chi connectivity index (χ0) is 11.9. The summed E-state index contributed by atoms with van der Waals surface area (Å²) >= 11 is 0. The van der Waals surface area contributed by atoms with Crippen molar-refractivity contribution in [2.75, 3.05) is 18.4 Å². The van der Waals surface area contributed by atoms with Crippen molar-refractivity contribution in [3.63, 3.8) is 0 Å². The number of rotatable bonds is 5. The molecule has 1 aliphatic heterocycles. The lowest BCUT2D eigenvalue weighted by molar-refractivity contribution is 0.479. The van der Waals surface area contributed by atoms with Crippen LogP contribution in [0.1, 0.15) is 38.2 Å². The number of aryl methyl sites for hydroxylation is 1. The number of benzene rings is 1. The van der Waals surface area contributed by atoms with E-state index in [1.165, 1.54) is 43.4 Å². The summed E-state index contributed by atoms with van der Waals surface area (Å²) in [5.74, 6) is 0. The molecule has 1 fully saturated rings. The van der Waals surface area contributed by atoms with Gasteiger partial charge in [0, 0.05) is 11.7 Å². The second-order valence-corrected chi connectivity index (χ2v) is 4.97. The summed E-state index contributed by atoms with van der Waals surface area (Å²) in [6, 6.07) is 9.57. The van der Waals surface area contributed by atoms with Crippen LogP contribution in [0.15, 0.2) is 24.3 Å². The largest absolute Gasteiger partial charge is 0.382 e. The molecule has 0 amide bonds. The van der Waals surface area contributed by atoms with Crippen LogP contribution in [0.5, 0.6) is 0 Å². The number of halogens is 1. The second-order valence-electron chi connectivity index (χ2n) is 4.97. The van der Waals surface area contributed by atoms with E-state index >= 15 is 0 Å². The molecule has 0 atom stereocenters. The average molecular weight is 269 g/mol. The summed E-state index contributed by atoms with van der Waals surface area (Å²) in [5.41, 5.74) is 2.76. The third kappa shape index (κ3) is 4.87. The van der Waals surface area contributed by atoms with Crippen LogP contribution >= 0.6 is 12.4 Å². The Morgan fingerprint density at radius 3 is 2.78 bits per heavy atom. The quantitative estimate of drug-likeness (QED) is 0.852. The SMILES string of the molecule is CCCCc1cccc(NC2CCNCC2)c1.Cl. The van der Waals surface area contributed by atoms with Crippen molar-refractivity contribution < 1.29 is 0 Å². The third-order valence-corrected chi connectivity index (χ3v) is 3.46. The Balaban J connectivity index is 0.00000162. The van der Waals surface area contributed by atoms with Crippen molar-refractivity contribution in [1.29, 1.82) is 0 Å². The molecule has 2 rings (SSSR count). The van der Waals surface area contributed by atoms with Gasteiger partial charge in [0.2, 0.25) is 0 Å². The molecule has 0 aliphatic carbocycles. The molecule has 1 aromatic carbocycles. The topological polar surface area (TPSA) is 24.1 Å². The Morgan fingerprint density at radius 2 is 2.06 bits per heavy atom. The van der Waals surface area contributed by atoms with Gasteiger partial charge in [-0.15, -0.1) is 12.4 Å². The summed E-state index contributed by atoms with van der Waals surface area (Å²) in [6.45, 7) is 4.54. The molecular formula is C15H25ClN2. The van der Waals surface area contributed by atoms with Crippen molar-refractivity contribution in [1.82, 2.24) is 5.32 Å². The normalized spacial score (nSPS) is 16.1. The van der Waals surface area contributed by atoms with Crippen LogP contribution in [0.25, 0.3) is 0 Å². The van der Waals surface area contributed by atoms with E-state index in [0.29, 0.717) is 6.04 Å². The Kier molecular flexibility index (Phi) is 7.14.